The fraction of sp³-hybridized carbons (Fsp3) is 0.174. The van der Waals surface area contributed by atoms with Crippen LogP contribution in [-0.4, -0.2) is 27.7 Å². The zero-order chi connectivity index (χ0) is 19.8. The van der Waals surface area contributed by atoms with Gasteiger partial charge in [0, 0.05) is 46.1 Å². The Hall–Kier alpha value is -3.51. The monoisotopic (exact) mass is 384 g/mol. The number of H-pyrrole nitrogens is 1. The minimum Gasteiger partial charge on any atom is -0.376 e. The van der Waals surface area contributed by atoms with Crippen LogP contribution in [0.2, 0.25) is 0 Å². The first-order valence-corrected chi connectivity index (χ1v) is 9.60. The molecule has 2 aromatic carbocycles. The van der Waals surface area contributed by atoms with Gasteiger partial charge in [0.25, 0.3) is 5.91 Å². The summed E-state index contributed by atoms with van der Waals surface area (Å²) in [4.78, 5) is 17.2. The molecule has 0 saturated heterocycles. The predicted octanol–water partition coefficient (Wildman–Crippen LogP) is 4.26. The van der Waals surface area contributed by atoms with Crippen LogP contribution in [0.1, 0.15) is 27.2 Å². The minimum atomic E-state index is -0.153. The van der Waals surface area contributed by atoms with E-state index in [1.807, 2.05) is 49.4 Å². The number of aromatic amines is 1. The summed E-state index contributed by atoms with van der Waals surface area (Å²) in [7, 11) is 0. The van der Waals surface area contributed by atoms with Gasteiger partial charge in [-0.2, -0.15) is 5.10 Å². The minimum absolute atomic E-state index is 0.153. The number of benzene rings is 2. The van der Waals surface area contributed by atoms with Crippen LogP contribution in [0, 0.1) is 6.92 Å². The number of anilines is 1. The SMILES string of the molecule is Cc1ccnc2ccc(C(=O)Nc3cccc(-c4n[nH]c5c4COCC5)c3)cc12. The highest BCUT2D eigenvalue weighted by atomic mass is 16.5. The average molecular weight is 384 g/mol. The standard InChI is InChI=1S/C23H20N4O2/c1-14-7-9-24-20-6-5-16(12-18(14)20)23(28)25-17-4-2-3-15(11-17)22-19-13-29-10-8-21(19)26-27-22/h2-7,9,11-12H,8,10,13H2,1H3,(H,25,28)(H,26,27). The predicted molar refractivity (Wildman–Crippen MR) is 112 cm³/mol. The van der Waals surface area contributed by atoms with Crippen molar-refractivity contribution in [3.8, 4) is 11.3 Å². The smallest absolute Gasteiger partial charge is 0.255 e. The summed E-state index contributed by atoms with van der Waals surface area (Å²) in [5, 5.41) is 11.6. The van der Waals surface area contributed by atoms with Crippen LogP contribution < -0.4 is 5.32 Å². The summed E-state index contributed by atoms with van der Waals surface area (Å²) < 4.78 is 5.58. The molecule has 29 heavy (non-hydrogen) atoms. The van der Waals surface area contributed by atoms with Gasteiger partial charge in [-0.05, 0) is 48.9 Å². The van der Waals surface area contributed by atoms with Crippen LogP contribution in [0.4, 0.5) is 5.69 Å². The Labute approximate surface area is 167 Å². The molecular formula is C23H20N4O2. The number of aryl methyl sites for hydroxylation is 1. The van der Waals surface area contributed by atoms with E-state index in [9.17, 15) is 4.79 Å². The molecule has 144 valence electrons. The Bertz CT molecular complexity index is 1230. The van der Waals surface area contributed by atoms with Crippen LogP contribution in [0.5, 0.6) is 0 Å². The summed E-state index contributed by atoms with van der Waals surface area (Å²) >= 11 is 0. The fourth-order valence-electron chi connectivity index (χ4n) is 3.72. The molecule has 3 heterocycles. The van der Waals surface area contributed by atoms with Crippen molar-refractivity contribution < 1.29 is 9.53 Å². The summed E-state index contributed by atoms with van der Waals surface area (Å²) in [5.41, 5.74) is 7.35. The number of carbonyl (C=O) groups excluding carboxylic acids is 1. The lowest BCUT2D eigenvalue weighted by atomic mass is 10.0. The first kappa shape index (κ1) is 17.6. The number of rotatable bonds is 3. The highest BCUT2D eigenvalue weighted by Gasteiger charge is 2.18. The van der Waals surface area contributed by atoms with Crippen molar-refractivity contribution in [1.29, 1.82) is 0 Å². The molecule has 1 amide bonds. The van der Waals surface area contributed by atoms with Gasteiger partial charge in [-0.3, -0.25) is 14.9 Å². The van der Waals surface area contributed by atoms with E-state index in [-0.39, 0.29) is 5.91 Å². The zero-order valence-corrected chi connectivity index (χ0v) is 16.0. The quantitative estimate of drug-likeness (QED) is 0.553. The molecule has 0 aliphatic carbocycles. The number of fused-ring (bicyclic) bond motifs is 2. The number of ether oxygens (including phenoxy) is 1. The lowest BCUT2D eigenvalue weighted by molar-refractivity contribution is 0.102. The highest BCUT2D eigenvalue weighted by molar-refractivity contribution is 6.06. The molecule has 0 bridgehead atoms. The van der Waals surface area contributed by atoms with E-state index >= 15 is 0 Å². The van der Waals surface area contributed by atoms with Crippen LogP contribution in [-0.2, 0) is 17.8 Å². The topological polar surface area (TPSA) is 79.9 Å². The molecule has 1 aliphatic rings. The Kier molecular flexibility index (Phi) is 4.33. The Morgan fingerprint density at radius 3 is 3.03 bits per heavy atom. The Balaban J connectivity index is 1.43. The van der Waals surface area contributed by atoms with Gasteiger partial charge < -0.3 is 10.1 Å². The molecule has 2 aromatic heterocycles. The molecule has 0 spiro atoms. The van der Waals surface area contributed by atoms with Crippen molar-refractivity contribution in [2.45, 2.75) is 20.0 Å². The maximum Gasteiger partial charge on any atom is 0.255 e. The molecule has 0 fully saturated rings. The van der Waals surface area contributed by atoms with Gasteiger partial charge in [-0.15, -0.1) is 0 Å². The first-order valence-electron chi connectivity index (χ1n) is 9.60. The van der Waals surface area contributed by atoms with E-state index in [4.69, 9.17) is 4.74 Å². The molecule has 2 N–H and O–H groups in total. The van der Waals surface area contributed by atoms with Crippen LogP contribution in [0.3, 0.4) is 0 Å². The largest absolute Gasteiger partial charge is 0.376 e. The van der Waals surface area contributed by atoms with E-state index in [1.165, 1.54) is 0 Å². The first-order chi connectivity index (χ1) is 14.2. The third-order valence-electron chi connectivity index (χ3n) is 5.31. The van der Waals surface area contributed by atoms with E-state index in [0.29, 0.717) is 18.8 Å². The van der Waals surface area contributed by atoms with Crippen molar-refractivity contribution in [1.82, 2.24) is 15.2 Å². The number of nitrogens with zero attached hydrogens (tertiary/aromatic N) is 2. The average Bonchev–Trinajstić information content (AvgIpc) is 3.18. The van der Waals surface area contributed by atoms with Crippen molar-refractivity contribution in [3.63, 3.8) is 0 Å². The second-order valence-electron chi connectivity index (χ2n) is 7.23. The summed E-state index contributed by atoms with van der Waals surface area (Å²) in [6.07, 6.45) is 2.62. The van der Waals surface area contributed by atoms with E-state index in [1.54, 1.807) is 12.3 Å². The highest BCUT2D eigenvalue weighted by Crippen LogP contribution is 2.29. The molecule has 6 nitrogen and oxygen atoms in total. The number of aromatic nitrogens is 3. The normalized spacial score (nSPS) is 13.3. The van der Waals surface area contributed by atoms with E-state index in [2.05, 4.69) is 20.5 Å². The van der Waals surface area contributed by atoms with Crippen molar-refractivity contribution in [2.75, 3.05) is 11.9 Å². The van der Waals surface area contributed by atoms with Crippen LogP contribution in [0.15, 0.2) is 54.7 Å². The fourth-order valence-corrected chi connectivity index (χ4v) is 3.72. The van der Waals surface area contributed by atoms with Crippen molar-refractivity contribution >= 4 is 22.5 Å². The maximum atomic E-state index is 12.8. The number of nitrogens with one attached hydrogen (secondary N) is 2. The van der Waals surface area contributed by atoms with E-state index in [0.717, 1.165) is 51.1 Å². The molecule has 0 atom stereocenters. The lowest BCUT2D eigenvalue weighted by Gasteiger charge is -2.13. The van der Waals surface area contributed by atoms with E-state index < -0.39 is 0 Å². The second kappa shape index (κ2) is 7.14. The molecular weight excluding hydrogens is 364 g/mol. The molecule has 5 rings (SSSR count). The molecule has 0 unspecified atom stereocenters. The van der Waals surface area contributed by atoms with Gasteiger partial charge in [0.1, 0.15) is 0 Å². The van der Waals surface area contributed by atoms with Crippen molar-refractivity contribution in [3.05, 3.63) is 77.1 Å². The number of hydrogen-bond donors (Lipinski definition) is 2. The Morgan fingerprint density at radius 2 is 2.10 bits per heavy atom. The zero-order valence-electron chi connectivity index (χ0n) is 16.0. The van der Waals surface area contributed by atoms with Gasteiger partial charge in [0.15, 0.2) is 0 Å². The van der Waals surface area contributed by atoms with Crippen LogP contribution in [0.25, 0.3) is 22.2 Å². The van der Waals surface area contributed by atoms with Crippen LogP contribution >= 0.6 is 0 Å². The number of amides is 1. The van der Waals surface area contributed by atoms with Gasteiger partial charge in [0.05, 0.1) is 24.4 Å². The maximum absolute atomic E-state index is 12.8. The molecule has 1 aliphatic heterocycles. The van der Waals surface area contributed by atoms with Gasteiger partial charge in [0.2, 0.25) is 0 Å². The van der Waals surface area contributed by atoms with Gasteiger partial charge >= 0.3 is 0 Å². The number of pyridine rings is 1. The third-order valence-corrected chi connectivity index (χ3v) is 5.31. The number of carbonyl (C=O) groups is 1. The Morgan fingerprint density at radius 1 is 1.17 bits per heavy atom. The molecule has 0 radical (unpaired) electrons. The van der Waals surface area contributed by atoms with Crippen molar-refractivity contribution in [2.24, 2.45) is 0 Å². The third kappa shape index (κ3) is 3.28. The second-order valence-corrected chi connectivity index (χ2v) is 7.23. The summed E-state index contributed by atoms with van der Waals surface area (Å²) in [5.74, 6) is -0.153. The lowest BCUT2D eigenvalue weighted by Crippen LogP contribution is -2.12. The molecule has 0 saturated carbocycles. The van der Waals surface area contributed by atoms with Gasteiger partial charge in [-0.1, -0.05) is 12.1 Å². The van der Waals surface area contributed by atoms with Gasteiger partial charge in [-0.25, -0.2) is 0 Å². The summed E-state index contributed by atoms with van der Waals surface area (Å²) in [6, 6.07) is 15.2. The number of hydrogen-bond acceptors (Lipinski definition) is 4. The molecule has 4 aromatic rings. The molecule has 6 heteroatoms. The summed E-state index contributed by atoms with van der Waals surface area (Å²) in [6.45, 7) is 3.29.